The van der Waals surface area contributed by atoms with Crippen LogP contribution in [0.15, 0.2) is 10.8 Å². The van der Waals surface area contributed by atoms with Crippen molar-refractivity contribution in [2.24, 2.45) is 5.92 Å². The lowest BCUT2D eigenvalue weighted by Crippen LogP contribution is -2.30. The van der Waals surface area contributed by atoms with Gasteiger partial charge in [-0.3, -0.25) is 4.68 Å². The van der Waals surface area contributed by atoms with Crippen molar-refractivity contribution in [2.45, 2.75) is 19.4 Å². The van der Waals surface area contributed by atoms with Gasteiger partial charge in [0.2, 0.25) is 0 Å². The van der Waals surface area contributed by atoms with Gasteiger partial charge in [0.15, 0.2) is 5.75 Å². The van der Waals surface area contributed by atoms with Gasteiger partial charge in [0.1, 0.15) is 4.60 Å². The molecule has 0 amide bonds. The Bertz CT molecular complexity index is 307. The highest BCUT2D eigenvalue weighted by molar-refractivity contribution is 9.10. The van der Waals surface area contributed by atoms with Crippen molar-refractivity contribution in [2.75, 3.05) is 13.1 Å². The van der Waals surface area contributed by atoms with E-state index in [2.05, 4.69) is 26.3 Å². The Morgan fingerprint density at radius 3 is 2.86 bits per heavy atom. The van der Waals surface area contributed by atoms with E-state index in [0.717, 1.165) is 19.6 Å². The van der Waals surface area contributed by atoms with Gasteiger partial charge in [-0.25, -0.2) is 0 Å². The number of hydrogen-bond acceptors (Lipinski definition) is 3. The predicted molar refractivity (Wildman–Crippen MR) is 57.2 cm³/mol. The Kier molecular flexibility index (Phi) is 3.08. The molecule has 1 aromatic rings. The molecule has 0 atom stereocenters. The molecule has 0 unspecified atom stereocenters. The molecule has 0 aliphatic carbocycles. The van der Waals surface area contributed by atoms with Gasteiger partial charge in [0, 0.05) is 6.54 Å². The molecule has 0 radical (unpaired) electrons. The summed E-state index contributed by atoms with van der Waals surface area (Å²) in [6.07, 6.45) is 3.85. The van der Waals surface area contributed by atoms with Crippen LogP contribution in [0.1, 0.15) is 12.8 Å². The zero-order valence-electron chi connectivity index (χ0n) is 7.91. The second kappa shape index (κ2) is 4.31. The highest BCUT2D eigenvalue weighted by Crippen LogP contribution is 2.24. The lowest BCUT2D eigenvalue weighted by Gasteiger charge is -2.22. The summed E-state index contributed by atoms with van der Waals surface area (Å²) in [5.41, 5.74) is 0. The van der Waals surface area contributed by atoms with Crippen LogP contribution in [0.5, 0.6) is 5.75 Å². The third-order valence-electron chi connectivity index (χ3n) is 2.65. The number of aromatic nitrogens is 2. The van der Waals surface area contributed by atoms with E-state index in [-0.39, 0.29) is 5.75 Å². The highest BCUT2D eigenvalue weighted by atomic mass is 79.9. The fourth-order valence-corrected chi connectivity index (χ4v) is 2.14. The van der Waals surface area contributed by atoms with Gasteiger partial charge in [-0.15, -0.1) is 0 Å². The summed E-state index contributed by atoms with van der Waals surface area (Å²) in [4.78, 5) is 0. The van der Waals surface area contributed by atoms with Gasteiger partial charge in [-0.1, -0.05) is 0 Å². The SMILES string of the molecule is Oc1cnn(CC2CCNCC2)c1Br. The summed E-state index contributed by atoms with van der Waals surface area (Å²) in [6, 6.07) is 0. The summed E-state index contributed by atoms with van der Waals surface area (Å²) in [6.45, 7) is 3.08. The number of piperidine rings is 1. The molecule has 0 saturated carbocycles. The first kappa shape index (κ1) is 9.98. The summed E-state index contributed by atoms with van der Waals surface area (Å²) in [5, 5.41) is 16.8. The average molecular weight is 260 g/mol. The van der Waals surface area contributed by atoms with Gasteiger partial charge >= 0.3 is 0 Å². The summed E-state index contributed by atoms with van der Waals surface area (Å²) in [7, 11) is 0. The average Bonchev–Trinajstić information content (AvgIpc) is 2.52. The molecule has 1 saturated heterocycles. The maximum Gasteiger partial charge on any atom is 0.168 e. The molecule has 1 aliphatic rings. The molecule has 1 aromatic heterocycles. The first-order valence-corrected chi connectivity index (χ1v) is 5.67. The third kappa shape index (κ3) is 2.09. The molecule has 4 nitrogen and oxygen atoms in total. The van der Waals surface area contributed by atoms with Gasteiger partial charge in [0.05, 0.1) is 6.20 Å². The molecule has 1 fully saturated rings. The smallest absolute Gasteiger partial charge is 0.168 e. The van der Waals surface area contributed by atoms with Crippen LogP contribution in [0, 0.1) is 5.92 Å². The predicted octanol–water partition coefficient (Wildman–Crippen LogP) is 1.35. The first-order valence-electron chi connectivity index (χ1n) is 4.88. The lowest BCUT2D eigenvalue weighted by atomic mass is 9.98. The van der Waals surface area contributed by atoms with Crippen molar-refractivity contribution in [1.29, 1.82) is 0 Å². The summed E-state index contributed by atoms with van der Waals surface area (Å²) in [5.74, 6) is 0.894. The van der Waals surface area contributed by atoms with E-state index in [1.54, 1.807) is 0 Å². The molecule has 0 bridgehead atoms. The number of aromatic hydroxyl groups is 1. The van der Waals surface area contributed by atoms with Gasteiger partial charge in [-0.05, 0) is 47.8 Å². The van der Waals surface area contributed by atoms with Crippen LogP contribution in [-0.2, 0) is 6.54 Å². The van der Waals surface area contributed by atoms with Crippen LogP contribution in [0.25, 0.3) is 0 Å². The van der Waals surface area contributed by atoms with Gasteiger partial charge in [-0.2, -0.15) is 5.10 Å². The fourth-order valence-electron chi connectivity index (χ4n) is 1.80. The van der Waals surface area contributed by atoms with Crippen molar-refractivity contribution in [3.63, 3.8) is 0 Å². The van der Waals surface area contributed by atoms with Crippen LogP contribution < -0.4 is 5.32 Å². The molecular weight excluding hydrogens is 246 g/mol. The number of halogens is 1. The zero-order valence-corrected chi connectivity index (χ0v) is 9.50. The Balaban J connectivity index is 1.99. The van der Waals surface area contributed by atoms with Gasteiger partial charge in [0.25, 0.3) is 0 Å². The minimum absolute atomic E-state index is 0.221. The number of hydrogen-bond donors (Lipinski definition) is 2. The minimum atomic E-state index is 0.221. The monoisotopic (exact) mass is 259 g/mol. The standard InChI is InChI=1S/C9H14BrN3O/c10-9-8(14)5-12-13(9)6-7-1-3-11-4-2-7/h5,7,11,14H,1-4,6H2. The van der Waals surface area contributed by atoms with E-state index in [9.17, 15) is 5.11 Å². The fraction of sp³-hybridized carbons (Fsp3) is 0.667. The Labute approximate surface area is 91.4 Å². The third-order valence-corrected chi connectivity index (χ3v) is 3.46. The van der Waals surface area contributed by atoms with Crippen molar-refractivity contribution in [1.82, 2.24) is 15.1 Å². The van der Waals surface area contributed by atoms with Crippen LogP contribution in [0.4, 0.5) is 0 Å². The largest absolute Gasteiger partial charge is 0.504 e. The Morgan fingerprint density at radius 1 is 1.57 bits per heavy atom. The molecule has 78 valence electrons. The maximum atomic E-state index is 9.33. The zero-order chi connectivity index (χ0) is 9.97. The lowest BCUT2D eigenvalue weighted by molar-refractivity contribution is 0.318. The molecular formula is C9H14BrN3O. The summed E-state index contributed by atoms with van der Waals surface area (Å²) < 4.78 is 2.52. The quantitative estimate of drug-likeness (QED) is 0.843. The van der Waals surface area contributed by atoms with E-state index in [1.165, 1.54) is 19.0 Å². The normalized spacial score (nSPS) is 18.6. The van der Waals surface area contributed by atoms with E-state index >= 15 is 0 Å². The molecule has 1 aliphatic heterocycles. The van der Waals surface area contributed by atoms with Crippen LogP contribution in [0.3, 0.4) is 0 Å². The number of rotatable bonds is 2. The highest BCUT2D eigenvalue weighted by Gasteiger charge is 2.16. The van der Waals surface area contributed by atoms with E-state index in [4.69, 9.17) is 0 Å². The molecule has 0 aromatic carbocycles. The van der Waals surface area contributed by atoms with Crippen molar-refractivity contribution < 1.29 is 5.11 Å². The van der Waals surface area contributed by atoms with E-state index in [1.807, 2.05) is 4.68 Å². The maximum absolute atomic E-state index is 9.33. The second-order valence-corrected chi connectivity index (χ2v) is 4.45. The van der Waals surface area contributed by atoms with Crippen molar-refractivity contribution in [3.05, 3.63) is 10.8 Å². The second-order valence-electron chi connectivity index (χ2n) is 3.70. The van der Waals surface area contributed by atoms with E-state index < -0.39 is 0 Å². The van der Waals surface area contributed by atoms with Crippen LogP contribution in [-0.4, -0.2) is 28.0 Å². The molecule has 2 heterocycles. The van der Waals surface area contributed by atoms with Crippen molar-refractivity contribution >= 4 is 15.9 Å². The number of nitrogens with one attached hydrogen (secondary N) is 1. The van der Waals surface area contributed by atoms with Crippen LogP contribution >= 0.6 is 15.9 Å². The molecule has 2 rings (SSSR count). The number of nitrogens with zero attached hydrogens (tertiary/aromatic N) is 2. The minimum Gasteiger partial charge on any atom is -0.504 e. The molecule has 0 spiro atoms. The van der Waals surface area contributed by atoms with Crippen LogP contribution in [0.2, 0.25) is 0 Å². The Hall–Kier alpha value is -0.550. The molecule has 2 N–H and O–H groups in total. The van der Waals surface area contributed by atoms with Crippen molar-refractivity contribution in [3.8, 4) is 5.75 Å². The Morgan fingerprint density at radius 2 is 2.29 bits per heavy atom. The molecule has 5 heteroatoms. The van der Waals surface area contributed by atoms with Gasteiger partial charge < -0.3 is 10.4 Å². The molecule has 14 heavy (non-hydrogen) atoms. The topological polar surface area (TPSA) is 50.1 Å². The summed E-state index contributed by atoms with van der Waals surface area (Å²) >= 11 is 3.31. The van der Waals surface area contributed by atoms with E-state index in [0.29, 0.717) is 10.5 Å². The first-order chi connectivity index (χ1) is 6.77.